The number of halogens is 1. The lowest BCUT2D eigenvalue weighted by Gasteiger charge is -2.12. The van der Waals surface area contributed by atoms with Crippen molar-refractivity contribution in [2.45, 2.75) is 25.0 Å². The minimum atomic E-state index is -0.596. The third-order valence-corrected chi connectivity index (χ3v) is 4.48. The highest BCUT2D eigenvalue weighted by atomic mass is 19.1. The number of carbonyl (C=O) groups is 1. The molecule has 0 aliphatic heterocycles. The number of rotatable bonds is 4. The summed E-state index contributed by atoms with van der Waals surface area (Å²) in [7, 11) is 1.67. The fourth-order valence-corrected chi connectivity index (χ4v) is 3.12. The molecule has 7 heteroatoms. The molecule has 24 heavy (non-hydrogen) atoms. The zero-order valence-corrected chi connectivity index (χ0v) is 13.3. The smallest absolute Gasteiger partial charge is 0.269 e. The van der Waals surface area contributed by atoms with Crippen molar-refractivity contribution in [1.82, 2.24) is 15.1 Å². The van der Waals surface area contributed by atoms with Crippen LogP contribution in [0.4, 0.5) is 4.39 Å². The van der Waals surface area contributed by atoms with Crippen molar-refractivity contribution >= 4 is 5.91 Å². The van der Waals surface area contributed by atoms with Crippen LogP contribution in [0.15, 0.2) is 30.3 Å². The van der Waals surface area contributed by atoms with Crippen LogP contribution in [0, 0.1) is 11.7 Å². The van der Waals surface area contributed by atoms with Gasteiger partial charge in [-0.05, 0) is 43.2 Å². The fourth-order valence-electron chi connectivity index (χ4n) is 3.12. The molecule has 1 saturated carbocycles. The van der Waals surface area contributed by atoms with E-state index in [9.17, 15) is 19.4 Å². The molecular formula is C17H20FN3O3. The van der Waals surface area contributed by atoms with Gasteiger partial charge in [-0.2, -0.15) is 5.10 Å². The fraction of sp³-hybridized carbons (Fsp3) is 0.412. The predicted octanol–water partition coefficient (Wildman–Crippen LogP) is 1.09. The van der Waals surface area contributed by atoms with Gasteiger partial charge in [0, 0.05) is 31.2 Å². The average Bonchev–Trinajstić information content (AvgIpc) is 3.10. The van der Waals surface area contributed by atoms with Crippen LogP contribution in [0.25, 0.3) is 11.3 Å². The van der Waals surface area contributed by atoms with Gasteiger partial charge in [-0.15, -0.1) is 0 Å². The second kappa shape index (κ2) is 6.70. The van der Waals surface area contributed by atoms with Crippen molar-refractivity contribution in [1.29, 1.82) is 0 Å². The second-order valence-electron chi connectivity index (χ2n) is 6.20. The van der Waals surface area contributed by atoms with Crippen molar-refractivity contribution < 1.29 is 19.4 Å². The van der Waals surface area contributed by atoms with Crippen LogP contribution in [0.2, 0.25) is 0 Å². The minimum Gasteiger partial charge on any atom is -0.396 e. The molecule has 1 fully saturated rings. The van der Waals surface area contributed by atoms with E-state index in [1.807, 2.05) is 0 Å². The number of hydrogen-bond acceptors (Lipinski definition) is 4. The standard InChI is InChI=1S/C17H20FN3O3/c1-21-15(8-14(20-21)10-2-4-12(18)5-3-10)17(24)19-13-6-11(9-22)16(23)7-13/h2-5,8,11,13,16,22-23H,6-7,9H2,1H3,(H,19,24). The molecule has 3 atom stereocenters. The molecule has 1 amide bonds. The average molecular weight is 333 g/mol. The summed E-state index contributed by atoms with van der Waals surface area (Å²) in [5, 5.41) is 26.2. The summed E-state index contributed by atoms with van der Waals surface area (Å²) >= 11 is 0. The lowest BCUT2D eigenvalue weighted by atomic mass is 10.1. The first kappa shape index (κ1) is 16.6. The molecule has 1 aliphatic carbocycles. The number of aliphatic hydroxyl groups is 2. The third-order valence-electron chi connectivity index (χ3n) is 4.48. The number of nitrogens with one attached hydrogen (secondary N) is 1. The number of aliphatic hydroxyl groups excluding tert-OH is 2. The highest BCUT2D eigenvalue weighted by Crippen LogP contribution is 2.26. The summed E-state index contributed by atoms with van der Waals surface area (Å²) in [6.45, 7) is -0.0893. The van der Waals surface area contributed by atoms with Gasteiger partial charge >= 0.3 is 0 Å². The normalized spacial score (nSPS) is 23.4. The van der Waals surface area contributed by atoms with E-state index in [-0.39, 0.29) is 30.3 Å². The molecule has 1 aromatic carbocycles. The topological polar surface area (TPSA) is 87.4 Å². The Morgan fingerprint density at radius 2 is 2.08 bits per heavy atom. The monoisotopic (exact) mass is 333 g/mol. The van der Waals surface area contributed by atoms with E-state index < -0.39 is 6.10 Å². The maximum absolute atomic E-state index is 13.0. The summed E-state index contributed by atoms with van der Waals surface area (Å²) < 4.78 is 14.5. The molecule has 128 valence electrons. The van der Waals surface area contributed by atoms with Crippen LogP contribution in [-0.4, -0.2) is 44.7 Å². The van der Waals surface area contributed by atoms with E-state index in [2.05, 4.69) is 10.4 Å². The Hall–Kier alpha value is -2.25. The van der Waals surface area contributed by atoms with Gasteiger partial charge in [-0.3, -0.25) is 9.48 Å². The molecule has 0 bridgehead atoms. The van der Waals surface area contributed by atoms with E-state index in [0.717, 1.165) is 5.56 Å². The SMILES string of the molecule is Cn1nc(-c2ccc(F)cc2)cc1C(=O)NC1CC(O)C(CO)C1. The molecule has 3 unspecified atom stereocenters. The molecule has 1 heterocycles. The molecular weight excluding hydrogens is 313 g/mol. The number of carbonyl (C=O) groups excluding carboxylic acids is 1. The van der Waals surface area contributed by atoms with Crippen LogP contribution >= 0.6 is 0 Å². The summed E-state index contributed by atoms with van der Waals surface area (Å²) in [6.07, 6.45) is 0.382. The number of aryl methyl sites for hydroxylation is 1. The molecule has 0 saturated heterocycles. The highest BCUT2D eigenvalue weighted by Gasteiger charge is 2.33. The van der Waals surface area contributed by atoms with Gasteiger partial charge in [0.05, 0.1) is 11.8 Å². The summed E-state index contributed by atoms with van der Waals surface area (Å²) in [6, 6.07) is 7.39. The van der Waals surface area contributed by atoms with Gasteiger partial charge in [-0.1, -0.05) is 0 Å². The Balaban J connectivity index is 1.73. The first-order valence-electron chi connectivity index (χ1n) is 7.87. The van der Waals surface area contributed by atoms with Gasteiger partial charge in [0.2, 0.25) is 0 Å². The van der Waals surface area contributed by atoms with Gasteiger partial charge in [-0.25, -0.2) is 4.39 Å². The largest absolute Gasteiger partial charge is 0.396 e. The number of aromatic nitrogens is 2. The van der Waals surface area contributed by atoms with Crippen LogP contribution in [0.5, 0.6) is 0 Å². The van der Waals surface area contributed by atoms with Crippen LogP contribution in [0.3, 0.4) is 0 Å². The Labute approximate surface area is 138 Å². The van der Waals surface area contributed by atoms with Crippen molar-refractivity contribution in [3.63, 3.8) is 0 Å². The van der Waals surface area contributed by atoms with Crippen molar-refractivity contribution in [3.05, 3.63) is 41.8 Å². The maximum atomic E-state index is 13.0. The molecule has 0 radical (unpaired) electrons. The van der Waals surface area contributed by atoms with E-state index >= 15 is 0 Å². The van der Waals surface area contributed by atoms with E-state index in [1.165, 1.54) is 16.8 Å². The highest BCUT2D eigenvalue weighted by molar-refractivity contribution is 5.93. The van der Waals surface area contributed by atoms with Gasteiger partial charge < -0.3 is 15.5 Å². The Kier molecular flexibility index (Phi) is 4.64. The maximum Gasteiger partial charge on any atom is 0.269 e. The van der Waals surface area contributed by atoms with Crippen LogP contribution < -0.4 is 5.32 Å². The summed E-state index contributed by atoms with van der Waals surface area (Å²) in [5.74, 6) is -0.809. The molecule has 0 spiro atoms. The van der Waals surface area contributed by atoms with E-state index in [1.54, 1.807) is 25.2 Å². The molecule has 6 nitrogen and oxygen atoms in total. The lowest BCUT2D eigenvalue weighted by Crippen LogP contribution is -2.34. The molecule has 1 aromatic heterocycles. The van der Waals surface area contributed by atoms with Crippen molar-refractivity contribution in [2.24, 2.45) is 13.0 Å². The van der Waals surface area contributed by atoms with Gasteiger partial charge in [0.25, 0.3) is 5.91 Å². The molecule has 1 aliphatic rings. The first-order chi connectivity index (χ1) is 11.5. The van der Waals surface area contributed by atoms with Crippen molar-refractivity contribution in [2.75, 3.05) is 6.61 Å². The van der Waals surface area contributed by atoms with E-state index in [0.29, 0.717) is 24.2 Å². The Morgan fingerprint density at radius 3 is 2.71 bits per heavy atom. The Bertz CT molecular complexity index is 729. The second-order valence-corrected chi connectivity index (χ2v) is 6.20. The minimum absolute atomic E-state index is 0.0893. The quantitative estimate of drug-likeness (QED) is 0.782. The number of nitrogens with zero attached hydrogens (tertiary/aromatic N) is 2. The molecule has 3 rings (SSSR count). The molecule has 3 N–H and O–H groups in total. The zero-order chi connectivity index (χ0) is 17.3. The predicted molar refractivity (Wildman–Crippen MR) is 85.7 cm³/mol. The van der Waals surface area contributed by atoms with Crippen molar-refractivity contribution in [3.8, 4) is 11.3 Å². The molecule has 2 aromatic rings. The van der Waals surface area contributed by atoms with Gasteiger partial charge in [0.1, 0.15) is 11.5 Å². The number of amides is 1. The lowest BCUT2D eigenvalue weighted by molar-refractivity contribution is 0.0902. The van der Waals surface area contributed by atoms with Gasteiger partial charge in [0.15, 0.2) is 0 Å². The third kappa shape index (κ3) is 3.32. The van der Waals surface area contributed by atoms with Crippen LogP contribution in [-0.2, 0) is 7.05 Å². The first-order valence-corrected chi connectivity index (χ1v) is 7.87. The zero-order valence-electron chi connectivity index (χ0n) is 13.3. The summed E-state index contributed by atoms with van der Waals surface area (Å²) in [4.78, 5) is 12.4. The van der Waals surface area contributed by atoms with Crippen LogP contribution in [0.1, 0.15) is 23.3 Å². The summed E-state index contributed by atoms with van der Waals surface area (Å²) in [5.41, 5.74) is 1.70. The number of benzene rings is 1. The van der Waals surface area contributed by atoms with E-state index in [4.69, 9.17) is 0 Å². The Morgan fingerprint density at radius 1 is 1.38 bits per heavy atom. The number of hydrogen-bond donors (Lipinski definition) is 3.